The molecule has 0 spiro atoms. The molecule has 0 aliphatic carbocycles. The zero-order valence-electron chi connectivity index (χ0n) is 12.2. The standard InChI is InChI=1S/C16H18ClNO4/c1-2-21-16(20)15-8-7-11(22-15)9-18-10-14(19)12-5-3-4-6-13(12)17/h3-8,14,18-19H,2,9-10H2,1H3. The van der Waals surface area contributed by atoms with Crippen LogP contribution in [0.2, 0.25) is 5.02 Å². The maximum absolute atomic E-state index is 11.5. The van der Waals surface area contributed by atoms with Gasteiger partial charge in [-0.1, -0.05) is 29.8 Å². The van der Waals surface area contributed by atoms with Crippen LogP contribution in [0.4, 0.5) is 0 Å². The molecule has 0 aliphatic rings. The highest BCUT2D eigenvalue weighted by molar-refractivity contribution is 6.31. The fourth-order valence-electron chi connectivity index (χ4n) is 1.97. The maximum Gasteiger partial charge on any atom is 0.374 e. The van der Waals surface area contributed by atoms with Crippen molar-refractivity contribution in [1.29, 1.82) is 0 Å². The summed E-state index contributed by atoms with van der Waals surface area (Å²) < 4.78 is 10.2. The SMILES string of the molecule is CCOC(=O)c1ccc(CNCC(O)c2ccccc2Cl)o1. The number of benzene rings is 1. The number of ether oxygens (including phenoxy) is 1. The molecule has 1 atom stereocenters. The Morgan fingerprint density at radius 3 is 2.86 bits per heavy atom. The van der Waals surface area contributed by atoms with Gasteiger partial charge < -0.3 is 19.6 Å². The third-order valence-corrected chi connectivity index (χ3v) is 3.38. The minimum atomic E-state index is -0.715. The Balaban J connectivity index is 1.84. The fraction of sp³-hybridized carbons (Fsp3) is 0.312. The summed E-state index contributed by atoms with van der Waals surface area (Å²) in [5.74, 6) is 0.282. The predicted molar refractivity (Wildman–Crippen MR) is 82.8 cm³/mol. The summed E-state index contributed by atoms with van der Waals surface area (Å²) in [6, 6.07) is 10.4. The Kier molecular flexibility index (Phi) is 6.00. The van der Waals surface area contributed by atoms with Crippen molar-refractivity contribution in [3.63, 3.8) is 0 Å². The molecule has 0 saturated carbocycles. The number of nitrogens with one attached hydrogen (secondary N) is 1. The topological polar surface area (TPSA) is 71.7 Å². The number of hydrogen-bond acceptors (Lipinski definition) is 5. The number of aliphatic hydroxyl groups is 1. The highest BCUT2D eigenvalue weighted by Crippen LogP contribution is 2.22. The second kappa shape index (κ2) is 7.98. The van der Waals surface area contributed by atoms with Crippen molar-refractivity contribution >= 4 is 17.6 Å². The monoisotopic (exact) mass is 323 g/mol. The Morgan fingerprint density at radius 2 is 2.14 bits per heavy atom. The second-order valence-electron chi connectivity index (χ2n) is 4.65. The van der Waals surface area contributed by atoms with Crippen LogP contribution in [-0.4, -0.2) is 24.2 Å². The van der Waals surface area contributed by atoms with Crippen molar-refractivity contribution in [2.75, 3.05) is 13.2 Å². The summed E-state index contributed by atoms with van der Waals surface area (Å²) in [5, 5.41) is 13.7. The van der Waals surface area contributed by atoms with Crippen LogP contribution < -0.4 is 5.32 Å². The number of aliphatic hydroxyl groups excluding tert-OH is 1. The van der Waals surface area contributed by atoms with Crippen molar-refractivity contribution in [2.45, 2.75) is 19.6 Å². The van der Waals surface area contributed by atoms with Crippen molar-refractivity contribution in [3.8, 4) is 0 Å². The van der Waals surface area contributed by atoms with E-state index in [9.17, 15) is 9.90 Å². The molecule has 0 saturated heterocycles. The highest BCUT2D eigenvalue weighted by Gasteiger charge is 2.13. The van der Waals surface area contributed by atoms with E-state index in [0.717, 1.165) is 0 Å². The smallest absolute Gasteiger partial charge is 0.374 e. The summed E-state index contributed by atoms with van der Waals surface area (Å²) in [6.07, 6.45) is -0.715. The predicted octanol–water partition coefficient (Wildman–Crippen LogP) is 2.93. The van der Waals surface area contributed by atoms with E-state index in [1.807, 2.05) is 12.1 Å². The molecule has 0 amide bonds. The summed E-state index contributed by atoms with van der Waals surface area (Å²) in [5.41, 5.74) is 0.670. The van der Waals surface area contributed by atoms with Gasteiger partial charge in [0.2, 0.25) is 5.76 Å². The molecule has 118 valence electrons. The number of halogens is 1. The van der Waals surface area contributed by atoms with Gasteiger partial charge in [-0.15, -0.1) is 0 Å². The van der Waals surface area contributed by atoms with E-state index in [1.54, 1.807) is 31.2 Å². The van der Waals surface area contributed by atoms with Gasteiger partial charge in [-0.25, -0.2) is 4.79 Å². The van der Waals surface area contributed by atoms with Gasteiger partial charge in [0.25, 0.3) is 0 Å². The van der Waals surface area contributed by atoms with Crippen LogP contribution in [0.3, 0.4) is 0 Å². The highest BCUT2D eigenvalue weighted by atomic mass is 35.5. The molecule has 0 fully saturated rings. The number of esters is 1. The molecule has 1 unspecified atom stereocenters. The molecule has 0 bridgehead atoms. The van der Waals surface area contributed by atoms with Gasteiger partial charge in [-0.2, -0.15) is 0 Å². The normalized spacial score (nSPS) is 12.1. The van der Waals surface area contributed by atoms with E-state index in [4.69, 9.17) is 20.8 Å². The number of carbonyl (C=O) groups is 1. The minimum Gasteiger partial charge on any atom is -0.460 e. The lowest BCUT2D eigenvalue weighted by Crippen LogP contribution is -2.21. The van der Waals surface area contributed by atoms with E-state index in [0.29, 0.717) is 36.0 Å². The molecule has 1 heterocycles. The molecule has 6 heteroatoms. The van der Waals surface area contributed by atoms with Crippen LogP contribution >= 0.6 is 11.6 Å². The van der Waals surface area contributed by atoms with Gasteiger partial charge in [0.05, 0.1) is 19.3 Å². The molecule has 22 heavy (non-hydrogen) atoms. The zero-order chi connectivity index (χ0) is 15.9. The molecule has 2 aromatic rings. The molecule has 2 N–H and O–H groups in total. The zero-order valence-corrected chi connectivity index (χ0v) is 13.0. The lowest BCUT2D eigenvalue weighted by atomic mass is 10.1. The van der Waals surface area contributed by atoms with Crippen LogP contribution in [0, 0.1) is 0 Å². The average molecular weight is 324 g/mol. The summed E-state index contributed by atoms with van der Waals surface area (Å²) >= 11 is 6.03. The van der Waals surface area contributed by atoms with Gasteiger partial charge in [-0.3, -0.25) is 0 Å². The fourth-order valence-corrected chi connectivity index (χ4v) is 2.23. The third-order valence-electron chi connectivity index (χ3n) is 3.04. The van der Waals surface area contributed by atoms with Crippen LogP contribution in [-0.2, 0) is 11.3 Å². The Morgan fingerprint density at radius 1 is 1.36 bits per heavy atom. The first-order chi connectivity index (χ1) is 10.6. The number of rotatable bonds is 7. The van der Waals surface area contributed by atoms with Crippen molar-refractivity contribution in [3.05, 3.63) is 58.5 Å². The van der Waals surface area contributed by atoms with E-state index < -0.39 is 12.1 Å². The average Bonchev–Trinajstić information content (AvgIpc) is 2.97. The first-order valence-corrected chi connectivity index (χ1v) is 7.38. The Labute approximate surface area is 133 Å². The first-order valence-electron chi connectivity index (χ1n) is 7.01. The summed E-state index contributed by atoms with van der Waals surface area (Å²) in [7, 11) is 0. The largest absolute Gasteiger partial charge is 0.460 e. The summed E-state index contributed by atoms with van der Waals surface area (Å²) in [4.78, 5) is 11.5. The molecule has 0 aliphatic heterocycles. The lowest BCUT2D eigenvalue weighted by molar-refractivity contribution is 0.0487. The van der Waals surface area contributed by atoms with Crippen molar-refractivity contribution in [1.82, 2.24) is 5.32 Å². The molecule has 1 aromatic heterocycles. The Hall–Kier alpha value is -1.82. The number of furan rings is 1. The van der Waals surface area contributed by atoms with Crippen molar-refractivity contribution < 1.29 is 19.1 Å². The number of hydrogen-bond donors (Lipinski definition) is 2. The van der Waals surface area contributed by atoms with Gasteiger partial charge in [-0.05, 0) is 25.1 Å². The molecule has 1 aromatic carbocycles. The molecule has 5 nitrogen and oxygen atoms in total. The van der Waals surface area contributed by atoms with E-state index >= 15 is 0 Å². The van der Waals surface area contributed by atoms with Crippen LogP contribution in [0.1, 0.15) is 34.9 Å². The van der Waals surface area contributed by atoms with E-state index in [2.05, 4.69) is 5.32 Å². The molecule has 2 rings (SSSR count). The molecule has 0 radical (unpaired) electrons. The number of carbonyl (C=O) groups excluding carboxylic acids is 1. The van der Waals surface area contributed by atoms with Crippen molar-refractivity contribution in [2.24, 2.45) is 0 Å². The van der Waals surface area contributed by atoms with E-state index in [1.165, 1.54) is 0 Å². The van der Waals surface area contributed by atoms with Crippen LogP contribution in [0.5, 0.6) is 0 Å². The van der Waals surface area contributed by atoms with Crippen LogP contribution in [0.25, 0.3) is 0 Å². The van der Waals surface area contributed by atoms with Gasteiger partial charge in [0.1, 0.15) is 5.76 Å². The van der Waals surface area contributed by atoms with Crippen LogP contribution in [0.15, 0.2) is 40.8 Å². The first kappa shape index (κ1) is 16.5. The Bertz CT molecular complexity index is 626. The van der Waals surface area contributed by atoms with E-state index in [-0.39, 0.29) is 5.76 Å². The maximum atomic E-state index is 11.5. The van der Waals surface area contributed by atoms with Gasteiger partial charge >= 0.3 is 5.97 Å². The minimum absolute atomic E-state index is 0.172. The third kappa shape index (κ3) is 4.34. The second-order valence-corrected chi connectivity index (χ2v) is 5.06. The summed E-state index contributed by atoms with van der Waals surface area (Å²) in [6.45, 7) is 2.75. The van der Waals surface area contributed by atoms with Gasteiger partial charge in [0.15, 0.2) is 0 Å². The molecular formula is C16H18ClNO4. The van der Waals surface area contributed by atoms with Gasteiger partial charge in [0, 0.05) is 17.1 Å². The molecular weight excluding hydrogens is 306 g/mol. The quantitative estimate of drug-likeness (QED) is 0.767. The lowest BCUT2D eigenvalue weighted by Gasteiger charge is -2.13.